The van der Waals surface area contributed by atoms with E-state index in [1.54, 1.807) is 6.92 Å². The van der Waals surface area contributed by atoms with Crippen LogP contribution in [-0.2, 0) is 14.3 Å². The molecule has 0 aliphatic heterocycles. The fraction of sp³-hybridized carbons (Fsp3) is 0.929. The van der Waals surface area contributed by atoms with E-state index < -0.39 is 18.6 Å². The minimum Gasteiger partial charge on any atom is -0.465 e. The molecule has 2 atom stereocenters. The Morgan fingerprint density at radius 1 is 1.45 bits per heavy atom. The Bertz CT molecular complexity index is 302. The molecular formula is C14H25F2NO3. The predicted molar refractivity (Wildman–Crippen MR) is 71.9 cm³/mol. The summed E-state index contributed by atoms with van der Waals surface area (Å²) in [5.74, 6) is -0.293. The topological polar surface area (TPSA) is 47.6 Å². The minimum absolute atomic E-state index is 0.293. The van der Waals surface area contributed by atoms with E-state index in [0.29, 0.717) is 32.4 Å². The van der Waals surface area contributed by atoms with Gasteiger partial charge in [0.2, 0.25) is 0 Å². The smallest absolute Gasteiger partial charge is 0.326 e. The first-order valence-corrected chi connectivity index (χ1v) is 7.36. The molecule has 0 bridgehead atoms. The van der Waals surface area contributed by atoms with Gasteiger partial charge in [0.05, 0.1) is 12.7 Å². The van der Waals surface area contributed by atoms with Gasteiger partial charge in [0.1, 0.15) is 12.1 Å². The fourth-order valence-electron chi connectivity index (χ4n) is 2.63. The number of hydrogen-bond donors (Lipinski definition) is 1. The van der Waals surface area contributed by atoms with Crippen LogP contribution in [0.1, 0.15) is 46.0 Å². The molecule has 0 aromatic carbocycles. The maximum absolute atomic E-state index is 12.2. The van der Waals surface area contributed by atoms with Crippen molar-refractivity contribution >= 4 is 5.97 Å². The average molecular weight is 293 g/mol. The lowest BCUT2D eigenvalue weighted by molar-refractivity contribution is -0.156. The Hall–Kier alpha value is -0.750. The quantitative estimate of drug-likeness (QED) is 0.699. The van der Waals surface area contributed by atoms with Crippen LogP contribution in [0.2, 0.25) is 0 Å². The van der Waals surface area contributed by atoms with Gasteiger partial charge in [-0.25, -0.2) is 8.78 Å². The van der Waals surface area contributed by atoms with Gasteiger partial charge in [-0.2, -0.15) is 0 Å². The van der Waals surface area contributed by atoms with Crippen LogP contribution in [0.15, 0.2) is 0 Å². The number of nitrogens with one attached hydrogen (secondary N) is 1. The molecule has 1 N–H and O–H groups in total. The van der Waals surface area contributed by atoms with Crippen molar-refractivity contribution in [3.63, 3.8) is 0 Å². The highest BCUT2D eigenvalue weighted by Gasteiger charge is 2.44. The van der Waals surface area contributed by atoms with Crippen LogP contribution in [-0.4, -0.2) is 43.8 Å². The summed E-state index contributed by atoms with van der Waals surface area (Å²) in [6.45, 7) is 4.22. The third kappa shape index (κ3) is 4.98. The Morgan fingerprint density at radius 3 is 2.80 bits per heavy atom. The lowest BCUT2D eigenvalue weighted by Crippen LogP contribution is -2.57. The summed E-state index contributed by atoms with van der Waals surface area (Å²) in [6, 6.07) is 0. The molecule has 0 amide bonds. The fourth-order valence-corrected chi connectivity index (χ4v) is 2.63. The largest absolute Gasteiger partial charge is 0.465 e. The summed E-state index contributed by atoms with van der Waals surface area (Å²) >= 11 is 0. The van der Waals surface area contributed by atoms with Crippen molar-refractivity contribution in [2.75, 3.05) is 19.8 Å². The second-order valence-corrected chi connectivity index (χ2v) is 5.17. The molecule has 1 saturated carbocycles. The second kappa shape index (κ2) is 8.52. The van der Waals surface area contributed by atoms with Gasteiger partial charge in [0, 0.05) is 6.42 Å². The molecule has 0 spiro atoms. The van der Waals surface area contributed by atoms with Crippen molar-refractivity contribution in [1.82, 2.24) is 5.32 Å². The molecule has 0 heterocycles. The predicted octanol–water partition coefficient (Wildman–Crippen LogP) is 2.51. The van der Waals surface area contributed by atoms with Crippen molar-refractivity contribution in [3.05, 3.63) is 0 Å². The number of halogens is 2. The summed E-state index contributed by atoms with van der Waals surface area (Å²) in [5, 5.41) is 3.24. The minimum atomic E-state index is -2.47. The van der Waals surface area contributed by atoms with Crippen LogP contribution in [0.3, 0.4) is 0 Å². The van der Waals surface area contributed by atoms with E-state index in [1.807, 2.05) is 6.92 Å². The molecule has 6 heteroatoms. The summed E-state index contributed by atoms with van der Waals surface area (Å²) in [4.78, 5) is 12.2. The van der Waals surface area contributed by atoms with Crippen LogP contribution in [0, 0.1) is 0 Å². The Balaban J connectivity index is 2.68. The maximum Gasteiger partial charge on any atom is 0.326 e. The van der Waals surface area contributed by atoms with E-state index in [-0.39, 0.29) is 12.1 Å². The molecular weight excluding hydrogens is 268 g/mol. The molecule has 1 rings (SSSR count). The van der Waals surface area contributed by atoms with E-state index in [2.05, 4.69) is 5.32 Å². The third-order valence-corrected chi connectivity index (χ3v) is 3.54. The first-order chi connectivity index (χ1) is 9.54. The van der Waals surface area contributed by atoms with Crippen molar-refractivity contribution in [3.8, 4) is 0 Å². The van der Waals surface area contributed by atoms with Crippen molar-refractivity contribution in [1.29, 1.82) is 0 Å². The molecule has 1 fully saturated rings. The molecule has 20 heavy (non-hydrogen) atoms. The zero-order valence-electron chi connectivity index (χ0n) is 12.3. The van der Waals surface area contributed by atoms with E-state index >= 15 is 0 Å². The Labute approximate surface area is 119 Å². The first-order valence-electron chi connectivity index (χ1n) is 7.36. The number of esters is 1. The van der Waals surface area contributed by atoms with Gasteiger partial charge in [-0.15, -0.1) is 0 Å². The highest BCUT2D eigenvalue weighted by atomic mass is 19.3. The van der Waals surface area contributed by atoms with Crippen LogP contribution in [0.25, 0.3) is 0 Å². The third-order valence-electron chi connectivity index (χ3n) is 3.54. The van der Waals surface area contributed by atoms with Crippen molar-refractivity contribution in [2.24, 2.45) is 0 Å². The lowest BCUT2D eigenvalue weighted by atomic mass is 9.80. The number of ether oxygens (including phenoxy) is 2. The van der Waals surface area contributed by atoms with E-state index in [0.717, 1.165) is 12.8 Å². The summed E-state index contributed by atoms with van der Waals surface area (Å²) in [6.07, 6.45) is 0.650. The van der Waals surface area contributed by atoms with Crippen LogP contribution >= 0.6 is 0 Å². The zero-order valence-corrected chi connectivity index (χ0v) is 12.3. The second-order valence-electron chi connectivity index (χ2n) is 5.17. The van der Waals surface area contributed by atoms with E-state index in [4.69, 9.17) is 9.47 Å². The summed E-state index contributed by atoms with van der Waals surface area (Å²) in [5.41, 5.74) is -0.781. The normalized spacial score (nSPS) is 26.8. The van der Waals surface area contributed by atoms with Gasteiger partial charge in [-0.1, -0.05) is 6.92 Å². The van der Waals surface area contributed by atoms with Crippen molar-refractivity contribution in [2.45, 2.75) is 64.0 Å². The molecule has 2 unspecified atom stereocenters. The SMILES string of the molecule is CCCNC1(C(=O)OCC)CCCC(OCC(F)F)C1. The number of carbonyl (C=O) groups excluding carboxylic acids is 1. The number of carbonyl (C=O) groups is 1. The standard InChI is InChI=1S/C14H25F2NO3/c1-3-8-17-14(13(18)19-4-2)7-5-6-11(9-14)20-10-12(15)16/h11-12,17H,3-10H2,1-2H3. The van der Waals surface area contributed by atoms with Crippen molar-refractivity contribution < 1.29 is 23.0 Å². The first kappa shape index (κ1) is 17.3. The number of alkyl halides is 2. The zero-order chi connectivity index (χ0) is 15.0. The van der Waals surface area contributed by atoms with Gasteiger partial charge in [0.15, 0.2) is 0 Å². The molecule has 0 saturated heterocycles. The molecule has 0 aromatic rings. The summed E-state index contributed by atoms with van der Waals surface area (Å²) < 4.78 is 34.8. The van der Waals surface area contributed by atoms with E-state index in [1.165, 1.54) is 0 Å². The molecule has 1 aliphatic carbocycles. The Kier molecular flexibility index (Phi) is 7.37. The molecule has 4 nitrogen and oxygen atoms in total. The van der Waals surface area contributed by atoms with Gasteiger partial charge in [0.25, 0.3) is 6.43 Å². The van der Waals surface area contributed by atoms with Gasteiger partial charge >= 0.3 is 5.97 Å². The highest BCUT2D eigenvalue weighted by molar-refractivity contribution is 5.81. The molecule has 0 aromatic heterocycles. The highest BCUT2D eigenvalue weighted by Crippen LogP contribution is 2.31. The molecule has 118 valence electrons. The van der Waals surface area contributed by atoms with Crippen LogP contribution in [0.4, 0.5) is 8.78 Å². The number of hydrogen-bond acceptors (Lipinski definition) is 4. The molecule has 0 radical (unpaired) electrons. The summed E-state index contributed by atoms with van der Waals surface area (Å²) in [7, 11) is 0. The Morgan fingerprint density at radius 2 is 2.20 bits per heavy atom. The lowest BCUT2D eigenvalue weighted by Gasteiger charge is -2.39. The molecule has 1 aliphatic rings. The van der Waals surface area contributed by atoms with E-state index in [9.17, 15) is 13.6 Å². The van der Waals surface area contributed by atoms with Gasteiger partial charge in [-0.3, -0.25) is 4.79 Å². The maximum atomic E-state index is 12.2. The van der Waals surface area contributed by atoms with Crippen LogP contribution < -0.4 is 5.32 Å². The number of rotatable bonds is 8. The van der Waals surface area contributed by atoms with Gasteiger partial charge in [-0.05, 0) is 39.2 Å². The van der Waals surface area contributed by atoms with Crippen LogP contribution in [0.5, 0.6) is 0 Å². The monoisotopic (exact) mass is 293 g/mol. The van der Waals surface area contributed by atoms with Gasteiger partial charge < -0.3 is 14.8 Å². The average Bonchev–Trinajstić information content (AvgIpc) is 2.43.